The Balaban J connectivity index is 1.93. The maximum absolute atomic E-state index is 12.6. The highest BCUT2D eigenvalue weighted by molar-refractivity contribution is 8.06. The molecule has 0 saturated carbocycles. The zero-order chi connectivity index (χ0) is 18.1. The van der Waals surface area contributed by atoms with Crippen LogP contribution in [-0.2, 0) is 9.53 Å². The Morgan fingerprint density at radius 2 is 1.88 bits per heavy atom. The number of benzene rings is 2. The van der Waals surface area contributed by atoms with E-state index in [0.717, 1.165) is 16.9 Å². The van der Waals surface area contributed by atoms with Gasteiger partial charge in [-0.2, -0.15) is 0 Å². The molecule has 0 saturated heterocycles. The van der Waals surface area contributed by atoms with Gasteiger partial charge in [-0.15, -0.1) is 0 Å². The van der Waals surface area contributed by atoms with Crippen LogP contribution in [0.1, 0.15) is 12.5 Å². The zero-order valence-electron chi connectivity index (χ0n) is 14.2. The second-order valence-electron chi connectivity index (χ2n) is 5.71. The standard InChI is InChI=1S/C20H17N3O2S/c1-2-25-20(24)17-18(21)22-14-10-6-7-11-15(14)23-16(12-26-19(17)23)13-8-4-3-5-9-13/h3-12H,2H2,1H3,(H2,21,22). The Kier molecular flexibility index (Phi) is 4.26. The smallest absolute Gasteiger partial charge is 0.344 e. The molecule has 0 amide bonds. The van der Waals surface area contributed by atoms with Crippen molar-refractivity contribution in [3.05, 3.63) is 76.2 Å². The molecule has 0 unspecified atom stereocenters. The van der Waals surface area contributed by atoms with E-state index in [2.05, 4.69) is 4.99 Å². The number of carbonyl (C=O) groups is 1. The molecular weight excluding hydrogens is 346 g/mol. The van der Waals surface area contributed by atoms with Gasteiger partial charge in [0, 0.05) is 5.41 Å². The van der Waals surface area contributed by atoms with Gasteiger partial charge in [-0.05, 0) is 24.6 Å². The molecule has 0 radical (unpaired) electrons. The number of anilines is 1. The van der Waals surface area contributed by atoms with Gasteiger partial charge in [-0.3, -0.25) is 0 Å². The molecule has 2 heterocycles. The molecule has 2 aliphatic heterocycles. The third kappa shape index (κ3) is 2.68. The molecule has 5 nitrogen and oxygen atoms in total. The first-order chi connectivity index (χ1) is 12.7. The fraction of sp³-hybridized carbons (Fsp3) is 0.100. The molecule has 0 spiro atoms. The molecule has 0 atom stereocenters. The quantitative estimate of drug-likeness (QED) is 0.835. The van der Waals surface area contributed by atoms with Crippen LogP contribution in [0.5, 0.6) is 0 Å². The van der Waals surface area contributed by atoms with Gasteiger partial charge < -0.3 is 15.4 Å². The summed E-state index contributed by atoms with van der Waals surface area (Å²) in [4.78, 5) is 19.1. The van der Waals surface area contributed by atoms with Crippen LogP contribution in [0.25, 0.3) is 5.70 Å². The van der Waals surface area contributed by atoms with Gasteiger partial charge in [0.15, 0.2) is 0 Å². The van der Waals surface area contributed by atoms with E-state index in [4.69, 9.17) is 10.5 Å². The number of hydrogen-bond donors (Lipinski definition) is 1. The number of hydrogen-bond acceptors (Lipinski definition) is 6. The van der Waals surface area contributed by atoms with Crippen molar-refractivity contribution in [2.75, 3.05) is 11.5 Å². The number of thioether (sulfide) groups is 1. The second-order valence-corrected chi connectivity index (χ2v) is 6.57. The van der Waals surface area contributed by atoms with Crippen molar-refractivity contribution in [1.82, 2.24) is 0 Å². The number of esters is 1. The summed E-state index contributed by atoms with van der Waals surface area (Å²) in [6.45, 7) is 2.05. The number of nitrogens with two attached hydrogens (primary N) is 1. The molecule has 0 aliphatic carbocycles. The van der Waals surface area contributed by atoms with Crippen molar-refractivity contribution in [3.63, 3.8) is 0 Å². The maximum atomic E-state index is 12.6. The molecule has 26 heavy (non-hydrogen) atoms. The Morgan fingerprint density at radius 1 is 1.15 bits per heavy atom. The lowest BCUT2D eigenvalue weighted by Crippen LogP contribution is -2.27. The van der Waals surface area contributed by atoms with Gasteiger partial charge >= 0.3 is 5.97 Å². The van der Waals surface area contributed by atoms with Crippen LogP contribution in [0.15, 0.2) is 75.6 Å². The maximum Gasteiger partial charge on any atom is 0.344 e. The highest BCUT2D eigenvalue weighted by Gasteiger charge is 2.35. The lowest BCUT2D eigenvalue weighted by molar-refractivity contribution is -0.137. The number of fused-ring (bicyclic) bond motifs is 3. The first kappa shape index (κ1) is 16.5. The minimum Gasteiger partial charge on any atom is -0.462 e. The molecule has 0 aromatic heterocycles. The van der Waals surface area contributed by atoms with Crippen LogP contribution >= 0.6 is 11.8 Å². The van der Waals surface area contributed by atoms with Gasteiger partial charge in [-0.25, -0.2) is 9.79 Å². The van der Waals surface area contributed by atoms with Crippen LogP contribution in [-0.4, -0.2) is 18.4 Å². The molecule has 2 N–H and O–H groups in total. The summed E-state index contributed by atoms with van der Waals surface area (Å²) in [5, 5.41) is 2.74. The van der Waals surface area contributed by atoms with Gasteiger partial charge in [0.25, 0.3) is 0 Å². The number of amidine groups is 1. The summed E-state index contributed by atoms with van der Waals surface area (Å²) in [7, 11) is 0. The number of para-hydroxylation sites is 2. The van der Waals surface area contributed by atoms with E-state index in [1.165, 1.54) is 11.8 Å². The minimum atomic E-state index is -0.461. The summed E-state index contributed by atoms with van der Waals surface area (Å²) in [6, 6.07) is 17.7. The van der Waals surface area contributed by atoms with Gasteiger partial charge in [0.1, 0.15) is 16.4 Å². The van der Waals surface area contributed by atoms with Gasteiger partial charge in [0.05, 0.1) is 23.7 Å². The molecule has 130 valence electrons. The van der Waals surface area contributed by atoms with Crippen LogP contribution < -0.4 is 10.6 Å². The summed E-state index contributed by atoms with van der Waals surface area (Å²) >= 11 is 1.45. The van der Waals surface area contributed by atoms with E-state index < -0.39 is 5.97 Å². The van der Waals surface area contributed by atoms with Crippen molar-refractivity contribution >= 4 is 40.6 Å². The van der Waals surface area contributed by atoms with Crippen LogP contribution in [0, 0.1) is 0 Å². The van der Waals surface area contributed by atoms with E-state index in [0.29, 0.717) is 16.3 Å². The Hall–Kier alpha value is -2.99. The number of nitrogens with zero attached hydrogens (tertiary/aromatic N) is 2. The van der Waals surface area contributed by atoms with E-state index in [9.17, 15) is 4.79 Å². The summed E-state index contributed by atoms with van der Waals surface area (Å²) < 4.78 is 5.23. The number of ether oxygens (including phenoxy) is 1. The lowest BCUT2D eigenvalue weighted by atomic mass is 10.1. The minimum absolute atomic E-state index is 0.170. The highest BCUT2D eigenvalue weighted by atomic mass is 32.2. The summed E-state index contributed by atoms with van der Waals surface area (Å²) in [6.07, 6.45) is 0. The molecule has 2 aromatic rings. The summed E-state index contributed by atoms with van der Waals surface area (Å²) in [5.74, 6) is -0.291. The third-order valence-corrected chi connectivity index (χ3v) is 5.06. The van der Waals surface area contributed by atoms with Gasteiger partial charge in [-0.1, -0.05) is 54.2 Å². The normalized spacial score (nSPS) is 15.7. The van der Waals surface area contributed by atoms with E-state index in [1.807, 2.05) is 64.9 Å². The fourth-order valence-corrected chi connectivity index (χ4v) is 4.05. The number of rotatable bonds is 3. The van der Waals surface area contributed by atoms with E-state index in [-0.39, 0.29) is 12.4 Å². The van der Waals surface area contributed by atoms with Crippen LogP contribution in [0.2, 0.25) is 0 Å². The molecule has 2 aliphatic rings. The van der Waals surface area contributed by atoms with Crippen molar-refractivity contribution in [2.24, 2.45) is 10.7 Å². The second kappa shape index (κ2) is 6.72. The Bertz CT molecular complexity index is 964. The molecule has 6 heteroatoms. The van der Waals surface area contributed by atoms with Crippen molar-refractivity contribution in [2.45, 2.75) is 6.92 Å². The molecular formula is C20H17N3O2S. The summed E-state index contributed by atoms with van der Waals surface area (Å²) in [5.41, 5.74) is 10.1. The monoisotopic (exact) mass is 363 g/mol. The van der Waals surface area contributed by atoms with Crippen molar-refractivity contribution in [3.8, 4) is 0 Å². The van der Waals surface area contributed by atoms with Crippen LogP contribution in [0.4, 0.5) is 11.4 Å². The molecule has 4 rings (SSSR count). The first-order valence-corrected chi connectivity index (χ1v) is 9.16. The topological polar surface area (TPSA) is 67.9 Å². The number of aliphatic imine (C=N–C) groups is 1. The Labute approximate surface area is 155 Å². The van der Waals surface area contributed by atoms with Crippen molar-refractivity contribution in [1.29, 1.82) is 0 Å². The first-order valence-electron chi connectivity index (χ1n) is 8.28. The molecule has 0 bridgehead atoms. The third-order valence-electron chi connectivity index (χ3n) is 4.11. The highest BCUT2D eigenvalue weighted by Crippen LogP contribution is 2.48. The van der Waals surface area contributed by atoms with E-state index >= 15 is 0 Å². The Morgan fingerprint density at radius 3 is 2.65 bits per heavy atom. The van der Waals surface area contributed by atoms with E-state index in [1.54, 1.807) is 6.92 Å². The molecule has 0 fully saturated rings. The van der Waals surface area contributed by atoms with Crippen molar-refractivity contribution < 1.29 is 9.53 Å². The molecule has 2 aromatic carbocycles. The zero-order valence-corrected chi connectivity index (χ0v) is 15.0. The average Bonchev–Trinajstić information content (AvgIpc) is 3.02. The average molecular weight is 363 g/mol. The fourth-order valence-electron chi connectivity index (χ4n) is 2.98. The predicted molar refractivity (Wildman–Crippen MR) is 106 cm³/mol. The number of carbonyl (C=O) groups excluding carboxylic acids is 1. The van der Waals surface area contributed by atoms with Gasteiger partial charge in [0.2, 0.25) is 0 Å². The predicted octanol–water partition coefficient (Wildman–Crippen LogP) is 4.02. The largest absolute Gasteiger partial charge is 0.462 e. The SMILES string of the molecule is CCOC(=O)C1=C2SC=C(c3ccccc3)N2c2ccccc2N=C1N. The lowest BCUT2D eigenvalue weighted by Gasteiger charge is -2.24. The van der Waals surface area contributed by atoms with Crippen LogP contribution in [0.3, 0.4) is 0 Å².